The number of hydrogen-bond donors (Lipinski definition) is 2. The zero-order chi connectivity index (χ0) is 8.55. The van der Waals surface area contributed by atoms with E-state index in [9.17, 15) is 4.79 Å². The highest BCUT2D eigenvalue weighted by atomic mass is 32.2. The topological polar surface area (TPSA) is 49.3 Å². The lowest BCUT2D eigenvalue weighted by molar-refractivity contribution is -0.138. The van der Waals surface area contributed by atoms with Gasteiger partial charge in [0.2, 0.25) is 0 Å². The average Bonchev–Trinajstić information content (AvgIpc) is 2.32. The van der Waals surface area contributed by atoms with Gasteiger partial charge in [0.05, 0.1) is 5.37 Å². The first-order valence-corrected chi connectivity index (χ1v) is 5.42. The van der Waals surface area contributed by atoms with E-state index in [4.69, 9.17) is 5.11 Å². The zero-order valence-corrected chi connectivity index (χ0v) is 7.64. The van der Waals surface area contributed by atoms with E-state index in [-0.39, 0.29) is 6.04 Å². The van der Waals surface area contributed by atoms with Crippen molar-refractivity contribution in [3.05, 3.63) is 0 Å². The standard InChI is InChI=1S/C8H13NO2S/c10-8(11)6-4-12-7(9-6)5-2-1-3-5/h5-7,9H,1-4H2,(H,10,11)/t6-,7?/m1/s1. The third-order valence-electron chi connectivity index (χ3n) is 2.68. The fourth-order valence-corrected chi connectivity index (χ4v) is 3.10. The first-order valence-electron chi connectivity index (χ1n) is 4.38. The van der Waals surface area contributed by atoms with Crippen molar-refractivity contribution in [2.24, 2.45) is 5.92 Å². The fraction of sp³-hybridized carbons (Fsp3) is 0.875. The van der Waals surface area contributed by atoms with Gasteiger partial charge in [0, 0.05) is 5.75 Å². The Morgan fingerprint density at radius 2 is 2.25 bits per heavy atom. The Balaban J connectivity index is 1.84. The smallest absolute Gasteiger partial charge is 0.321 e. The van der Waals surface area contributed by atoms with Crippen LogP contribution in [0.5, 0.6) is 0 Å². The van der Waals surface area contributed by atoms with Crippen molar-refractivity contribution >= 4 is 17.7 Å². The summed E-state index contributed by atoms with van der Waals surface area (Å²) in [6.45, 7) is 0. The highest BCUT2D eigenvalue weighted by Crippen LogP contribution is 2.37. The number of nitrogens with one attached hydrogen (secondary N) is 1. The lowest BCUT2D eigenvalue weighted by Gasteiger charge is -2.30. The van der Waals surface area contributed by atoms with Crippen LogP contribution in [0, 0.1) is 5.92 Å². The number of aliphatic carboxylic acids is 1. The fourth-order valence-electron chi connectivity index (χ4n) is 1.65. The molecule has 0 amide bonds. The summed E-state index contributed by atoms with van der Waals surface area (Å²) in [5.74, 6) is 0.764. The summed E-state index contributed by atoms with van der Waals surface area (Å²) in [6.07, 6.45) is 3.87. The maximum atomic E-state index is 10.6. The maximum absolute atomic E-state index is 10.6. The Morgan fingerprint density at radius 3 is 2.67 bits per heavy atom. The predicted molar refractivity (Wildman–Crippen MR) is 48.1 cm³/mol. The molecule has 1 heterocycles. The van der Waals surface area contributed by atoms with Crippen LogP contribution >= 0.6 is 11.8 Å². The lowest BCUT2D eigenvalue weighted by Crippen LogP contribution is -2.41. The van der Waals surface area contributed by atoms with Gasteiger partial charge in [-0.2, -0.15) is 0 Å². The van der Waals surface area contributed by atoms with Gasteiger partial charge in [-0.1, -0.05) is 6.42 Å². The molecular weight excluding hydrogens is 174 g/mol. The minimum atomic E-state index is -0.704. The summed E-state index contributed by atoms with van der Waals surface area (Å²) in [5, 5.41) is 12.3. The molecule has 2 atom stereocenters. The molecule has 4 heteroatoms. The van der Waals surface area contributed by atoms with Crippen LogP contribution in [0.15, 0.2) is 0 Å². The molecule has 2 aliphatic rings. The molecule has 3 nitrogen and oxygen atoms in total. The molecule has 0 aromatic carbocycles. The molecule has 1 aliphatic carbocycles. The Kier molecular flexibility index (Phi) is 2.28. The molecule has 2 fully saturated rings. The largest absolute Gasteiger partial charge is 0.480 e. The van der Waals surface area contributed by atoms with Gasteiger partial charge in [-0.3, -0.25) is 10.1 Å². The summed E-state index contributed by atoms with van der Waals surface area (Å²) in [6, 6.07) is -0.305. The Hall–Kier alpha value is -0.220. The van der Waals surface area contributed by atoms with Crippen LogP contribution in [-0.2, 0) is 4.79 Å². The van der Waals surface area contributed by atoms with Crippen molar-refractivity contribution in [2.75, 3.05) is 5.75 Å². The van der Waals surface area contributed by atoms with Crippen molar-refractivity contribution in [1.29, 1.82) is 0 Å². The van der Waals surface area contributed by atoms with E-state index in [0.717, 1.165) is 11.7 Å². The van der Waals surface area contributed by atoms with Gasteiger partial charge in [0.1, 0.15) is 6.04 Å². The third kappa shape index (κ3) is 1.45. The summed E-state index contributed by atoms with van der Waals surface area (Å²) in [7, 11) is 0. The quantitative estimate of drug-likeness (QED) is 0.674. The maximum Gasteiger partial charge on any atom is 0.321 e. The van der Waals surface area contributed by atoms with Gasteiger partial charge in [0.25, 0.3) is 0 Å². The number of rotatable bonds is 2. The van der Waals surface area contributed by atoms with Crippen molar-refractivity contribution in [2.45, 2.75) is 30.7 Å². The molecule has 2 rings (SSSR count). The van der Waals surface area contributed by atoms with Gasteiger partial charge in [0.15, 0.2) is 0 Å². The average molecular weight is 187 g/mol. The van der Waals surface area contributed by atoms with Crippen LogP contribution in [0.4, 0.5) is 0 Å². The van der Waals surface area contributed by atoms with Crippen LogP contribution in [0.3, 0.4) is 0 Å². The molecular formula is C8H13NO2S. The summed E-state index contributed by atoms with van der Waals surface area (Å²) in [4.78, 5) is 10.6. The number of carboxylic acids is 1. The van der Waals surface area contributed by atoms with E-state index in [1.54, 1.807) is 11.8 Å². The second-order valence-electron chi connectivity index (χ2n) is 3.50. The minimum Gasteiger partial charge on any atom is -0.480 e. The van der Waals surface area contributed by atoms with Crippen molar-refractivity contribution in [1.82, 2.24) is 5.32 Å². The van der Waals surface area contributed by atoms with E-state index in [1.165, 1.54) is 19.3 Å². The number of hydrogen-bond acceptors (Lipinski definition) is 3. The monoisotopic (exact) mass is 187 g/mol. The lowest BCUT2D eigenvalue weighted by atomic mass is 9.85. The number of carbonyl (C=O) groups is 1. The molecule has 1 saturated carbocycles. The van der Waals surface area contributed by atoms with Crippen LogP contribution in [0.2, 0.25) is 0 Å². The Morgan fingerprint density at radius 1 is 1.50 bits per heavy atom. The molecule has 0 aromatic rings. The summed E-state index contributed by atoms with van der Waals surface area (Å²) in [5.41, 5.74) is 0. The molecule has 2 N–H and O–H groups in total. The zero-order valence-electron chi connectivity index (χ0n) is 6.82. The van der Waals surface area contributed by atoms with Gasteiger partial charge in [-0.25, -0.2) is 0 Å². The second kappa shape index (κ2) is 3.26. The SMILES string of the molecule is O=C(O)[C@H]1CSC(C2CCC2)N1. The molecule has 0 bridgehead atoms. The van der Waals surface area contributed by atoms with Crippen molar-refractivity contribution in [3.63, 3.8) is 0 Å². The predicted octanol–water partition coefficient (Wildman–Crippen LogP) is 0.902. The number of thioether (sulfide) groups is 1. The Bertz CT molecular complexity index is 193. The highest BCUT2D eigenvalue weighted by molar-refractivity contribution is 8.00. The summed E-state index contributed by atoms with van der Waals surface area (Å²) >= 11 is 1.77. The minimum absolute atomic E-state index is 0.305. The van der Waals surface area contributed by atoms with Crippen molar-refractivity contribution < 1.29 is 9.90 Å². The highest BCUT2D eigenvalue weighted by Gasteiger charge is 2.36. The van der Waals surface area contributed by atoms with E-state index in [1.807, 2.05) is 0 Å². The second-order valence-corrected chi connectivity index (χ2v) is 4.68. The van der Waals surface area contributed by atoms with E-state index >= 15 is 0 Å². The molecule has 0 spiro atoms. The normalized spacial score (nSPS) is 36.3. The third-order valence-corrected chi connectivity index (χ3v) is 4.09. The van der Waals surface area contributed by atoms with Gasteiger partial charge < -0.3 is 5.11 Å². The first kappa shape index (κ1) is 8.38. The molecule has 0 radical (unpaired) electrons. The summed E-state index contributed by atoms with van der Waals surface area (Å²) < 4.78 is 0. The molecule has 1 unspecified atom stereocenters. The molecule has 1 aliphatic heterocycles. The van der Waals surface area contributed by atoms with E-state index in [2.05, 4.69) is 5.32 Å². The molecule has 12 heavy (non-hydrogen) atoms. The molecule has 0 aromatic heterocycles. The van der Waals surface area contributed by atoms with E-state index in [0.29, 0.717) is 5.37 Å². The Labute approximate surface area is 75.9 Å². The molecule has 68 valence electrons. The van der Waals surface area contributed by atoms with Crippen LogP contribution in [0.25, 0.3) is 0 Å². The molecule has 1 saturated heterocycles. The van der Waals surface area contributed by atoms with Crippen LogP contribution in [-0.4, -0.2) is 28.2 Å². The van der Waals surface area contributed by atoms with Gasteiger partial charge in [-0.15, -0.1) is 11.8 Å². The van der Waals surface area contributed by atoms with Crippen molar-refractivity contribution in [3.8, 4) is 0 Å². The van der Waals surface area contributed by atoms with Crippen LogP contribution in [0.1, 0.15) is 19.3 Å². The van der Waals surface area contributed by atoms with Gasteiger partial charge in [-0.05, 0) is 18.8 Å². The van der Waals surface area contributed by atoms with E-state index < -0.39 is 5.97 Å². The number of carboxylic acid groups (broad SMARTS) is 1. The first-order chi connectivity index (χ1) is 5.77. The van der Waals surface area contributed by atoms with Gasteiger partial charge >= 0.3 is 5.97 Å². The van der Waals surface area contributed by atoms with Crippen LogP contribution < -0.4 is 5.32 Å².